The minimum absolute atomic E-state index is 0.156. The highest BCUT2D eigenvalue weighted by atomic mass is 32.2. The fraction of sp³-hybridized carbons (Fsp3) is 0.421. The first-order valence-corrected chi connectivity index (χ1v) is 11.6. The summed E-state index contributed by atoms with van der Waals surface area (Å²) < 4.78 is 32.6. The Kier molecular flexibility index (Phi) is 7.57. The molecule has 0 saturated carbocycles. The van der Waals surface area contributed by atoms with Crippen molar-refractivity contribution < 1.29 is 17.9 Å². The van der Waals surface area contributed by atoms with Crippen molar-refractivity contribution in [2.75, 3.05) is 45.9 Å². The zero-order chi connectivity index (χ0) is 19.8. The van der Waals surface area contributed by atoms with E-state index in [1.807, 2.05) is 17.5 Å². The molecule has 2 aromatic rings. The maximum Gasteiger partial charge on any atom is 0.251 e. The Morgan fingerprint density at radius 3 is 2.54 bits per heavy atom. The van der Waals surface area contributed by atoms with Crippen LogP contribution in [0.2, 0.25) is 0 Å². The maximum atomic E-state index is 12.4. The lowest BCUT2D eigenvalue weighted by atomic mass is 10.2. The van der Waals surface area contributed by atoms with Crippen LogP contribution in [0.5, 0.6) is 0 Å². The molecule has 9 heteroatoms. The first kappa shape index (κ1) is 20.9. The van der Waals surface area contributed by atoms with Gasteiger partial charge in [0.15, 0.2) is 0 Å². The van der Waals surface area contributed by atoms with E-state index in [0.29, 0.717) is 25.1 Å². The van der Waals surface area contributed by atoms with Gasteiger partial charge in [-0.05, 0) is 42.1 Å². The highest BCUT2D eigenvalue weighted by molar-refractivity contribution is 7.89. The molecule has 0 spiro atoms. The third-order valence-corrected chi connectivity index (χ3v) is 6.90. The van der Waals surface area contributed by atoms with E-state index in [9.17, 15) is 13.2 Å². The van der Waals surface area contributed by atoms with Crippen molar-refractivity contribution >= 4 is 27.3 Å². The number of ether oxygens (including phenoxy) is 1. The Hall–Kier alpha value is -1.78. The van der Waals surface area contributed by atoms with E-state index in [4.69, 9.17) is 4.74 Å². The van der Waals surface area contributed by atoms with E-state index in [0.717, 1.165) is 37.7 Å². The second-order valence-electron chi connectivity index (χ2n) is 6.46. The fourth-order valence-corrected chi connectivity index (χ4v) is 4.63. The monoisotopic (exact) mass is 423 g/mol. The van der Waals surface area contributed by atoms with E-state index < -0.39 is 10.0 Å². The Morgan fingerprint density at radius 1 is 1.11 bits per heavy atom. The van der Waals surface area contributed by atoms with Crippen LogP contribution in [0.3, 0.4) is 0 Å². The number of nitrogens with one attached hydrogen (secondary N) is 2. The van der Waals surface area contributed by atoms with Crippen molar-refractivity contribution in [2.45, 2.75) is 11.3 Å². The summed E-state index contributed by atoms with van der Waals surface area (Å²) in [7, 11) is -3.58. The molecule has 1 aliphatic rings. The maximum absolute atomic E-state index is 12.4. The van der Waals surface area contributed by atoms with Gasteiger partial charge in [0.25, 0.3) is 5.91 Å². The molecule has 7 nitrogen and oxygen atoms in total. The molecule has 2 N–H and O–H groups in total. The Labute approximate surface area is 169 Å². The molecule has 1 fully saturated rings. The minimum atomic E-state index is -3.58. The summed E-state index contributed by atoms with van der Waals surface area (Å²) in [4.78, 5) is 15.8. The second kappa shape index (κ2) is 10.1. The molecule has 0 unspecified atom stereocenters. The number of amides is 1. The van der Waals surface area contributed by atoms with Crippen LogP contribution < -0.4 is 10.0 Å². The van der Waals surface area contributed by atoms with E-state index >= 15 is 0 Å². The molecule has 2 heterocycles. The molecule has 0 atom stereocenters. The van der Waals surface area contributed by atoms with Crippen LogP contribution in [-0.4, -0.2) is 65.2 Å². The van der Waals surface area contributed by atoms with Gasteiger partial charge in [0.05, 0.1) is 18.1 Å². The van der Waals surface area contributed by atoms with E-state index in [-0.39, 0.29) is 10.8 Å². The molecule has 1 aliphatic heterocycles. The smallest absolute Gasteiger partial charge is 0.251 e. The number of carbonyl (C=O) groups is 1. The first-order valence-electron chi connectivity index (χ1n) is 9.25. The molecule has 1 saturated heterocycles. The van der Waals surface area contributed by atoms with Crippen molar-refractivity contribution in [3.63, 3.8) is 0 Å². The van der Waals surface area contributed by atoms with Crippen molar-refractivity contribution in [2.24, 2.45) is 0 Å². The molecule has 0 aliphatic carbocycles. The zero-order valence-electron chi connectivity index (χ0n) is 15.6. The molecule has 0 radical (unpaired) electrons. The number of nitrogens with zero attached hydrogens (tertiary/aromatic N) is 1. The molecule has 1 amide bonds. The molecule has 28 heavy (non-hydrogen) atoms. The predicted molar refractivity (Wildman–Crippen MR) is 109 cm³/mol. The number of hydrogen-bond acceptors (Lipinski definition) is 6. The number of sulfonamides is 1. The van der Waals surface area contributed by atoms with Crippen LogP contribution >= 0.6 is 11.3 Å². The predicted octanol–water partition coefficient (Wildman–Crippen LogP) is 1.33. The van der Waals surface area contributed by atoms with Crippen molar-refractivity contribution in [3.8, 4) is 0 Å². The fourth-order valence-electron chi connectivity index (χ4n) is 2.89. The minimum Gasteiger partial charge on any atom is -0.379 e. The lowest BCUT2D eigenvalue weighted by molar-refractivity contribution is 0.0383. The average Bonchev–Trinajstić information content (AvgIpc) is 3.22. The van der Waals surface area contributed by atoms with Crippen LogP contribution in [0.4, 0.5) is 0 Å². The van der Waals surface area contributed by atoms with Gasteiger partial charge in [-0.2, -0.15) is 0 Å². The Bertz CT molecular complexity index is 846. The van der Waals surface area contributed by atoms with E-state index in [1.54, 1.807) is 11.3 Å². The quantitative estimate of drug-likeness (QED) is 0.635. The largest absolute Gasteiger partial charge is 0.379 e. The molecular formula is C19H25N3O4S2. The van der Waals surface area contributed by atoms with Gasteiger partial charge in [0, 0.05) is 43.2 Å². The SMILES string of the molecule is O=C(NCCN1CCOCC1)c1ccc(S(=O)(=O)NCCc2cccs2)cc1. The number of carbonyl (C=O) groups excluding carboxylic acids is 1. The van der Waals surface area contributed by atoms with Gasteiger partial charge in [-0.1, -0.05) is 6.07 Å². The molecule has 1 aromatic carbocycles. The second-order valence-corrected chi connectivity index (χ2v) is 9.26. The summed E-state index contributed by atoms with van der Waals surface area (Å²) in [5.74, 6) is -0.206. The standard InChI is InChI=1S/C19H25N3O4S2/c23-19(20-9-10-22-11-13-26-14-12-22)16-3-5-18(6-4-16)28(24,25)21-8-7-17-2-1-15-27-17/h1-6,15,21H,7-14H2,(H,20,23). The zero-order valence-corrected chi connectivity index (χ0v) is 17.2. The van der Waals surface area contributed by atoms with Crippen LogP contribution in [0.15, 0.2) is 46.7 Å². The van der Waals surface area contributed by atoms with Gasteiger partial charge >= 0.3 is 0 Å². The first-order chi connectivity index (χ1) is 13.5. The van der Waals surface area contributed by atoms with Gasteiger partial charge in [-0.3, -0.25) is 9.69 Å². The summed E-state index contributed by atoms with van der Waals surface area (Å²) in [5.41, 5.74) is 0.444. The number of thiophene rings is 1. The summed E-state index contributed by atoms with van der Waals surface area (Å²) in [5, 5.41) is 4.84. The van der Waals surface area contributed by atoms with Crippen LogP contribution in [0, 0.1) is 0 Å². The van der Waals surface area contributed by atoms with Gasteiger partial charge < -0.3 is 10.1 Å². The van der Waals surface area contributed by atoms with Crippen LogP contribution in [-0.2, 0) is 21.2 Å². The van der Waals surface area contributed by atoms with Crippen molar-refractivity contribution in [1.82, 2.24) is 14.9 Å². The third-order valence-electron chi connectivity index (χ3n) is 4.49. The van der Waals surface area contributed by atoms with Crippen LogP contribution in [0.1, 0.15) is 15.2 Å². The normalized spacial score (nSPS) is 15.4. The molecule has 1 aromatic heterocycles. The molecular weight excluding hydrogens is 398 g/mol. The summed E-state index contributed by atoms with van der Waals surface area (Å²) >= 11 is 1.60. The van der Waals surface area contributed by atoms with Gasteiger partial charge in [-0.25, -0.2) is 13.1 Å². The highest BCUT2D eigenvalue weighted by Crippen LogP contribution is 2.12. The number of rotatable bonds is 9. The lowest BCUT2D eigenvalue weighted by Crippen LogP contribution is -2.41. The topological polar surface area (TPSA) is 87.7 Å². The summed E-state index contributed by atoms with van der Waals surface area (Å²) in [6, 6.07) is 9.93. The summed E-state index contributed by atoms with van der Waals surface area (Å²) in [6.45, 7) is 4.87. The van der Waals surface area contributed by atoms with Crippen LogP contribution in [0.25, 0.3) is 0 Å². The van der Waals surface area contributed by atoms with E-state index in [2.05, 4.69) is 14.9 Å². The van der Waals surface area contributed by atoms with Gasteiger partial charge in [0.1, 0.15) is 0 Å². The molecule has 152 valence electrons. The third kappa shape index (κ3) is 6.11. The lowest BCUT2D eigenvalue weighted by Gasteiger charge is -2.26. The highest BCUT2D eigenvalue weighted by Gasteiger charge is 2.15. The Morgan fingerprint density at radius 2 is 1.86 bits per heavy atom. The number of benzene rings is 1. The number of morpholine rings is 1. The Balaban J connectivity index is 1.46. The van der Waals surface area contributed by atoms with Crippen molar-refractivity contribution in [1.29, 1.82) is 0 Å². The molecule has 3 rings (SSSR count). The molecule has 0 bridgehead atoms. The summed E-state index contributed by atoms with van der Waals surface area (Å²) in [6.07, 6.45) is 0.653. The van der Waals surface area contributed by atoms with Gasteiger partial charge in [0.2, 0.25) is 10.0 Å². The average molecular weight is 424 g/mol. The number of hydrogen-bond donors (Lipinski definition) is 2. The van der Waals surface area contributed by atoms with Crippen molar-refractivity contribution in [3.05, 3.63) is 52.2 Å². The van der Waals surface area contributed by atoms with Gasteiger partial charge in [-0.15, -0.1) is 11.3 Å². The van der Waals surface area contributed by atoms with E-state index in [1.165, 1.54) is 24.3 Å².